The first-order valence-electron chi connectivity index (χ1n) is 19.5. The zero-order valence-electron chi connectivity index (χ0n) is 31.6. The van der Waals surface area contributed by atoms with Crippen molar-refractivity contribution in [1.82, 2.24) is 9.62 Å². The van der Waals surface area contributed by atoms with E-state index >= 15 is 0 Å². The van der Waals surface area contributed by atoms with Crippen LogP contribution in [-0.2, 0) is 26.9 Å². The monoisotopic (exact) mass is 741 g/mol. The lowest BCUT2D eigenvalue weighted by Gasteiger charge is -2.54. The zero-order valence-corrected chi connectivity index (χ0v) is 33.2. The van der Waals surface area contributed by atoms with Crippen LogP contribution in [0.4, 0.5) is 5.69 Å². The van der Waals surface area contributed by atoms with Gasteiger partial charge in [-0.15, -0.1) is 0 Å². The molecule has 282 valence electrons. The lowest BCUT2D eigenvalue weighted by Crippen LogP contribution is -2.63. The number of hydrogen-bond acceptors (Lipinski definition) is 7. The number of carbonyl (C=O) groups excluding carboxylic acids is 1. The Labute approximate surface area is 313 Å². The van der Waals surface area contributed by atoms with Crippen LogP contribution >= 0.6 is 11.6 Å². The van der Waals surface area contributed by atoms with Gasteiger partial charge in [0.15, 0.2) is 6.29 Å². The van der Waals surface area contributed by atoms with E-state index in [4.69, 9.17) is 25.8 Å². The van der Waals surface area contributed by atoms with Crippen LogP contribution in [0.25, 0.3) is 0 Å². The highest BCUT2D eigenvalue weighted by molar-refractivity contribution is 7.84. The zero-order chi connectivity index (χ0) is 36.3. The van der Waals surface area contributed by atoms with Crippen molar-refractivity contribution < 1.29 is 23.2 Å². The Morgan fingerprint density at radius 2 is 1.80 bits per heavy atom. The Bertz CT molecular complexity index is 1530. The molecule has 6 unspecified atom stereocenters. The SMILES string of the molecule is CCCc1cc(Cl)ccc1C1COc2ccc(C(=O)NS(=O)C(C)C(C)CCC)cc2N(CC2CCC2CC2OCC(N3CCC3(C)C)CO2)C1. The van der Waals surface area contributed by atoms with Gasteiger partial charge in [-0.3, -0.25) is 14.4 Å². The minimum Gasteiger partial charge on any atom is -0.491 e. The van der Waals surface area contributed by atoms with Gasteiger partial charge in [-0.25, -0.2) is 4.21 Å². The topological polar surface area (TPSA) is 80.3 Å². The first-order chi connectivity index (χ1) is 24.5. The number of likely N-dealkylation sites (tertiary alicyclic amines) is 1. The molecule has 0 aromatic heterocycles. The summed E-state index contributed by atoms with van der Waals surface area (Å²) in [6.07, 6.45) is 8.27. The molecule has 2 aromatic carbocycles. The lowest BCUT2D eigenvalue weighted by molar-refractivity contribution is -0.231. The van der Waals surface area contributed by atoms with Gasteiger partial charge in [-0.2, -0.15) is 0 Å². The van der Waals surface area contributed by atoms with Crippen LogP contribution in [0.15, 0.2) is 36.4 Å². The van der Waals surface area contributed by atoms with Crippen LogP contribution in [0.1, 0.15) is 114 Å². The molecule has 0 radical (unpaired) electrons. The van der Waals surface area contributed by atoms with E-state index in [2.05, 4.69) is 61.3 Å². The summed E-state index contributed by atoms with van der Waals surface area (Å²) in [4.78, 5) is 18.5. The predicted octanol–water partition coefficient (Wildman–Crippen LogP) is 8.14. The molecule has 4 aliphatic rings. The number of halogens is 1. The molecule has 6 atom stereocenters. The molecule has 3 aliphatic heterocycles. The van der Waals surface area contributed by atoms with Crippen LogP contribution < -0.4 is 14.4 Å². The van der Waals surface area contributed by atoms with Crippen LogP contribution in [0, 0.1) is 17.8 Å². The van der Waals surface area contributed by atoms with Gasteiger partial charge >= 0.3 is 0 Å². The number of benzene rings is 2. The van der Waals surface area contributed by atoms with E-state index in [1.807, 2.05) is 25.1 Å². The number of amides is 1. The van der Waals surface area contributed by atoms with Gasteiger partial charge in [-0.05, 0) is 112 Å². The molecule has 3 fully saturated rings. The summed E-state index contributed by atoms with van der Waals surface area (Å²) in [6.45, 7) is 17.7. The third-order valence-electron chi connectivity index (χ3n) is 12.2. The molecule has 1 saturated carbocycles. The van der Waals surface area contributed by atoms with Crippen molar-refractivity contribution in [2.24, 2.45) is 17.8 Å². The minimum absolute atomic E-state index is 0.131. The lowest BCUT2D eigenvalue weighted by atomic mass is 9.71. The Kier molecular flexibility index (Phi) is 12.8. The number of nitrogens with one attached hydrogen (secondary N) is 1. The first-order valence-corrected chi connectivity index (χ1v) is 21.1. The minimum atomic E-state index is -1.48. The maximum atomic E-state index is 13.5. The molecule has 0 spiro atoms. The fraction of sp³-hybridized carbons (Fsp3) is 0.683. The van der Waals surface area contributed by atoms with Crippen LogP contribution in [0.3, 0.4) is 0 Å². The summed E-state index contributed by atoms with van der Waals surface area (Å²) < 4.78 is 35.2. The van der Waals surface area contributed by atoms with E-state index < -0.39 is 11.0 Å². The van der Waals surface area contributed by atoms with E-state index in [0.717, 1.165) is 94.3 Å². The second-order valence-corrected chi connectivity index (χ2v) is 18.2. The van der Waals surface area contributed by atoms with Crippen molar-refractivity contribution in [3.8, 4) is 5.75 Å². The Hall–Kier alpha value is -2.17. The van der Waals surface area contributed by atoms with E-state index in [1.165, 1.54) is 17.5 Å². The number of carbonyl (C=O) groups is 1. The van der Waals surface area contributed by atoms with Gasteiger partial charge < -0.3 is 19.1 Å². The largest absolute Gasteiger partial charge is 0.491 e. The average molecular weight is 742 g/mol. The van der Waals surface area contributed by atoms with Gasteiger partial charge in [0.2, 0.25) is 0 Å². The fourth-order valence-electron chi connectivity index (χ4n) is 8.53. The number of hydrogen-bond donors (Lipinski definition) is 1. The average Bonchev–Trinajstić information content (AvgIpc) is 3.28. The fourth-order valence-corrected chi connectivity index (χ4v) is 9.77. The van der Waals surface area contributed by atoms with Crippen molar-refractivity contribution >= 4 is 34.2 Å². The maximum Gasteiger partial charge on any atom is 0.263 e. The Morgan fingerprint density at radius 3 is 2.45 bits per heavy atom. The molecule has 2 saturated heterocycles. The van der Waals surface area contributed by atoms with Crippen molar-refractivity contribution in [3.63, 3.8) is 0 Å². The molecule has 10 heteroatoms. The number of rotatable bonds is 14. The van der Waals surface area contributed by atoms with E-state index in [0.29, 0.717) is 30.0 Å². The van der Waals surface area contributed by atoms with E-state index in [9.17, 15) is 9.00 Å². The third kappa shape index (κ3) is 8.97. The number of nitrogens with zero attached hydrogens (tertiary/aromatic N) is 2. The van der Waals surface area contributed by atoms with Gasteiger partial charge in [-0.1, -0.05) is 51.3 Å². The Balaban J connectivity index is 1.19. The smallest absolute Gasteiger partial charge is 0.263 e. The molecule has 1 aliphatic carbocycles. The van der Waals surface area contributed by atoms with Crippen LogP contribution in [-0.4, -0.2) is 77.6 Å². The number of anilines is 1. The summed E-state index contributed by atoms with van der Waals surface area (Å²) in [5.74, 6) is 1.83. The summed E-state index contributed by atoms with van der Waals surface area (Å²) in [6, 6.07) is 12.3. The first kappa shape index (κ1) is 38.6. The second kappa shape index (κ2) is 16.9. The quantitative estimate of drug-likeness (QED) is 0.210. The summed E-state index contributed by atoms with van der Waals surface area (Å²) in [5.41, 5.74) is 4.20. The normalized spacial score (nSPS) is 27.9. The van der Waals surface area contributed by atoms with Gasteiger partial charge in [0.05, 0.1) is 36.8 Å². The molecule has 51 heavy (non-hydrogen) atoms. The summed E-state index contributed by atoms with van der Waals surface area (Å²) in [5, 5.41) is 0.626. The standard InChI is InChI=1S/C41H60ClN3O5S/c1-7-9-27(3)28(4)51(47)43-40(46)31-13-16-38-37(20-31)44(23-33(24-48-38)36-15-14-34(42)19-30(36)10-8-2)22-32-12-11-29(32)21-39-49-25-35(26-50-39)45-18-17-41(45,5)6/h13-16,19-20,27-29,32-33,35,39H,7-12,17-18,21-26H2,1-6H3,(H,43,46). The molecule has 2 aromatic rings. The van der Waals surface area contributed by atoms with E-state index in [-0.39, 0.29) is 34.8 Å². The summed E-state index contributed by atoms with van der Waals surface area (Å²) in [7, 11) is -1.48. The van der Waals surface area contributed by atoms with Crippen LogP contribution in [0.5, 0.6) is 5.75 Å². The number of aryl methyl sites for hydroxylation is 1. The van der Waals surface area contributed by atoms with Crippen molar-refractivity contribution in [2.75, 3.05) is 44.4 Å². The summed E-state index contributed by atoms with van der Waals surface area (Å²) >= 11 is 6.47. The maximum absolute atomic E-state index is 13.5. The molecule has 1 amide bonds. The van der Waals surface area contributed by atoms with Gasteiger partial charge in [0.25, 0.3) is 5.91 Å². The predicted molar refractivity (Wildman–Crippen MR) is 207 cm³/mol. The third-order valence-corrected chi connectivity index (χ3v) is 14.0. The highest BCUT2D eigenvalue weighted by Crippen LogP contribution is 2.43. The van der Waals surface area contributed by atoms with Crippen molar-refractivity contribution in [1.29, 1.82) is 0 Å². The Morgan fingerprint density at radius 1 is 1.04 bits per heavy atom. The number of ether oxygens (including phenoxy) is 3. The molecular formula is C41H60ClN3O5S. The molecule has 1 N–H and O–H groups in total. The van der Waals surface area contributed by atoms with E-state index in [1.54, 1.807) is 6.07 Å². The molecule has 8 nitrogen and oxygen atoms in total. The van der Waals surface area contributed by atoms with Gasteiger partial charge in [0, 0.05) is 48.1 Å². The van der Waals surface area contributed by atoms with Gasteiger partial charge in [0.1, 0.15) is 16.7 Å². The molecule has 3 heterocycles. The number of fused-ring (bicyclic) bond motifs is 1. The molecule has 6 rings (SSSR count). The van der Waals surface area contributed by atoms with Crippen LogP contribution in [0.2, 0.25) is 5.02 Å². The second-order valence-electron chi connectivity index (χ2n) is 16.2. The molecule has 0 bridgehead atoms. The molecular weight excluding hydrogens is 682 g/mol. The highest BCUT2D eigenvalue weighted by Gasteiger charge is 2.43. The van der Waals surface area contributed by atoms with Crippen molar-refractivity contribution in [2.45, 2.75) is 122 Å². The highest BCUT2D eigenvalue weighted by atomic mass is 35.5. The van der Waals surface area contributed by atoms with Crippen molar-refractivity contribution in [3.05, 3.63) is 58.1 Å².